The number of rotatable bonds is 10. The zero-order valence-corrected chi connectivity index (χ0v) is 14.3. The number of carboxylic acid groups (broad SMARTS) is 2. The Labute approximate surface area is 151 Å². The molecule has 5 nitrogen and oxygen atoms in total. The summed E-state index contributed by atoms with van der Waals surface area (Å²) in [5.41, 5.74) is 0. The summed E-state index contributed by atoms with van der Waals surface area (Å²) >= 11 is 0. The van der Waals surface area contributed by atoms with Gasteiger partial charge in [-0.1, -0.05) is 32.3 Å². The van der Waals surface area contributed by atoms with E-state index >= 15 is 0 Å². The van der Waals surface area contributed by atoms with Crippen molar-refractivity contribution in [1.29, 1.82) is 0 Å². The van der Waals surface area contributed by atoms with Crippen molar-refractivity contribution in [3.05, 3.63) is 12.3 Å². The molecule has 0 amide bonds. The Kier molecular flexibility index (Phi) is 15.4. The van der Waals surface area contributed by atoms with Gasteiger partial charge in [0.05, 0.1) is 12.5 Å². The van der Waals surface area contributed by atoms with Gasteiger partial charge in [-0.15, -0.1) is 0 Å². The first-order valence-corrected chi connectivity index (χ1v) is 5.88. The Balaban J connectivity index is 0. The van der Waals surface area contributed by atoms with E-state index in [0.717, 1.165) is 19.3 Å². The van der Waals surface area contributed by atoms with Crippen LogP contribution in [0, 0.1) is 0 Å². The molecule has 0 fully saturated rings. The second-order valence-corrected chi connectivity index (χ2v) is 3.90. The van der Waals surface area contributed by atoms with Crippen LogP contribution in [0.25, 0.3) is 0 Å². The Morgan fingerprint density at radius 2 is 1.89 bits per heavy atom. The maximum atomic E-state index is 10.5. The molecule has 6 heteroatoms. The number of carbonyl (C=O) groups is 2. The second kappa shape index (κ2) is 13.5. The van der Waals surface area contributed by atoms with Crippen LogP contribution in [0.3, 0.4) is 0 Å². The zero-order valence-electron chi connectivity index (χ0n) is 11.2. The average molecular weight is 281 g/mol. The molecule has 18 heavy (non-hydrogen) atoms. The summed E-state index contributed by atoms with van der Waals surface area (Å²) in [5, 5.41) is 19.0. The monoisotopic (exact) mass is 281 g/mol. The van der Waals surface area contributed by atoms with Gasteiger partial charge in [0.1, 0.15) is 6.54 Å². The van der Waals surface area contributed by atoms with Crippen molar-refractivity contribution in [2.24, 2.45) is 0 Å². The number of carboxylic acids is 2. The number of nitrogens with zero attached hydrogens (tertiary/aromatic N) is 1. The van der Waals surface area contributed by atoms with Crippen LogP contribution in [0.1, 0.15) is 39.0 Å². The van der Waals surface area contributed by atoms with Crippen molar-refractivity contribution in [3.8, 4) is 0 Å². The van der Waals surface area contributed by atoms with Crippen LogP contribution in [0.2, 0.25) is 0 Å². The predicted octanol–water partition coefficient (Wildman–Crippen LogP) is -2.39. The summed E-state index contributed by atoms with van der Waals surface area (Å²) in [6.07, 6.45) is 8.70. The number of allylic oxidation sites excluding steroid dienone is 1. The number of carbonyl (C=O) groups excluding carboxylic acids is 1. The van der Waals surface area contributed by atoms with Crippen LogP contribution in [0.5, 0.6) is 0 Å². The third-order valence-electron chi connectivity index (χ3n) is 2.21. The van der Waals surface area contributed by atoms with Gasteiger partial charge in [0, 0.05) is 0 Å². The number of unbranched alkanes of at least 4 members (excludes halogenated alkanes) is 4. The first-order valence-electron chi connectivity index (χ1n) is 5.88. The van der Waals surface area contributed by atoms with E-state index in [4.69, 9.17) is 5.11 Å². The fourth-order valence-corrected chi connectivity index (χ4v) is 1.41. The normalized spacial score (nSPS) is 10.1. The summed E-state index contributed by atoms with van der Waals surface area (Å²) in [6.45, 7) is 1.42. The molecule has 0 aromatic heterocycles. The van der Waals surface area contributed by atoms with Gasteiger partial charge in [-0.05, 0) is 19.0 Å². The Hall–Kier alpha value is 0.116. The van der Waals surface area contributed by atoms with E-state index in [1.807, 2.05) is 6.08 Å². The minimum Gasteiger partial charge on any atom is -0.548 e. The van der Waals surface area contributed by atoms with E-state index in [2.05, 4.69) is 6.92 Å². The van der Waals surface area contributed by atoms with Crippen molar-refractivity contribution < 1.29 is 71.2 Å². The summed E-state index contributed by atoms with van der Waals surface area (Å²) in [6, 6.07) is 0. The Morgan fingerprint density at radius 1 is 1.22 bits per heavy atom. The van der Waals surface area contributed by atoms with E-state index in [1.165, 1.54) is 23.9 Å². The molecular weight excluding hydrogens is 261 g/mol. The van der Waals surface area contributed by atoms with Gasteiger partial charge in [0.2, 0.25) is 0 Å². The standard InChI is InChI=1S/C12H21NO4.K/c1-2-3-4-5-6-7-8-13(9-11(14)15)10-12(16)17;/h7-8H,2-6,9-10H2,1H3,(H,14,15)(H,16,17);/q;+1/p-1/b8-7+;. The van der Waals surface area contributed by atoms with E-state index in [0.29, 0.717) is 0 Å². The van der Waals surface area contributed by atoms with Gasteiger partial charge < -0.3 is 19.9 Å². The molecule has 0 rings (SSSR count). The van der Waals surface area contributed by atoms with Crippen LogP contribution < -0.4 is 56.5 Å². The second-order valence-electron chi connectivity index (χ2n) is 3.90. The fourth-order valence-electron chi connectivity index (χ4n) is 1.41. The molecule has 0 aliphatic rings. The summed E-state index contributed by atoms with van der Waals surface area (Å²) < 4.78 is 0. The molecule has 0 spiro atoms. The van der Waals surface area contributed by atoms with Crippen LogP contribution in [0.15, 0.2) is 12.3 Å². The molecule has 0 saturated carbocycles. The number of hydrogen-bond acceptors (Lipinski definition) is 4. The van der Waals surface area contributed by atoms with Crippen LogP contribution in [-0.2, 0) is 9.59 Å². The maximum Gasteiger partial charge on any atom is 1.00 e. The van der Waals surface area contributed by atoms with Gasteiger partial charge in [0.15, 0.2) is 0 Å². The van der Waals surface area contributed by atoms with Crippen molar-refractivity contribution in [3.63, 3.8) is 0 Å². The van der Waals surface area contributed by atoms with E-state index in [1.54, 1.807) is 0 Å². The molecule has 0 aliphatic heterocycles. The Morgan fingerprint density at radius 3 is 2.39 bits per heavy atom. The molecule has 1 N–H and O–H groups in total. The van der Waals surface area contributed by atoms with Crippen molar-refractivity contribution in [2.45, 2.75) is 39.0 Å². The molecule has 98 valence electrons. The van der Waals surface area contributed by atoms with Crippen LogP contribution in [0.4, 0.5) is 0 Å². The molecule has 0 heterocycles. The summed E-state index contributed by atoms with van der Waals surface area (Å²) in [7, 11) is 0. The quantitative estimate of drug-likeness (QED) is 0.357. The first kappa shape index (κ1) is 20.4. The SMILES string of the molecule is CCCCCC/C=C/N(CC(=O)[O-])CC(=O)O.[K+]. The molecular formula is C12H20KNO4. The molecule has 0 aromatic carbocycles. The molecule has 0 unspecified atom stereocenters. The molecule has 0 saturated heterocycles. The molecule has 0 aromatic rings. The fraction of sp³-hybridized carbons (Fsp3) is 0.667. The maximum absolute atomic E-state index is 10.5. The van der Waals surface area contributed by atoms with E-state index < -0.39 is 18.5 Å². The molecule has 0 atom stereocenters. The van der Waals surface area contributed by atoms with Gasteiger partial charge in [0.25, 0.3) is 0 Å². The molecule has 0 bridgehead atoms. The number of aliphatic carboxylic acids is 2. The third-order valence-corrected chi connectivity index (χ3v) is 2.21. The van der Waals surface area contributed by atoms with E-state index in [-0.39, 0.29) is 57.9 Å². The zero-order chi connectivity index (χ0) is 13.1. The van der Waals surface area contributed by atoms with Crippen molar-refractivity contribution in [2.75, 3.05) is 13.1 Å². The number of hydrogen-bond donors (Lipinski definition) is 1. The van der Waals surface area contributed by atoms with Crippen LogP contribution >= 0.6 is 0 Å². The van der Waals surface area contributed by atoms with Gasteiger partial charge >= 0.3 is 57.4 Å². The average Bonchev–Trinajstić information content (AvgIpc) is 2.21. The minimum atomic E-state index is -1.28. The summed E-state index contributed by atoms with van der Waals surface area (Å²) in [5.74, 6) is -2.33. The van der Waals surface area contributed by atoms with Gasteiger partial charge in [-0.3, -0.25) is 4.79 Å². The van der Waals surface area contributed by atoms with E-state index in [9.17, 15) is 14.7 Å². The third kappa shape index (κ3) is 14.2. The summed E-state index contributed by atoms with van der Waals surface area (Å²) in [4.78, 5) is 22.1. The largest absolute Gasteiger partial charge is 1.00 e. The predicted molar refractivity (Wildman–Crippen MR) is 62.1 cm³/mol. The van der Waals surface area contributed by atoms with Gasteiger partial charge in [-0.25, -0.2) is 0 Å². The van der Waals surface area contributed by atoms with Crippen LogP contribution in [-0.4, -0.2) is 35.0 Å². The van der Waals surface area contributed by atoms with Gasteiger partial charge in [-0.2, -0.15) is 0 Å². The first-order chi connectivity index (χ1) is 8.06. The van der Waals surface area contributed by atoms with Crippen molar-refractivity contribution >= 4 is 11.9 Å². The minimum absolute atomic E-state index is 0. The smallest absolute Gasteiger partial charge is 0.548 e. The topological polar surface area (TPSA) is 80.7 Å². The molecule has 0 radical (unpaired) electrons. The Bertz CT molecular complexity index is 253. The molecule has 0 aliphatic carbocycles. The van der Waals surface area contributed by atoms with Crippen molar-refractivity contribution in [1.82, 2.24) is 4.90 Å².